The molecule has 0 aliphatic carbocycles. The Labute approximate surface area is 89.3 Å². The van der Waals surface area contributed by atoms with Gasteiger partial charge in [-0.25, -0.2) is 0 Å². The first-order valence-corrected chi connectivity index (χ1v) is 5.81. The van der Waals surface area contributed by atoms with Gasteiger partial charge in [-0.3, -0.25) is 0 Å². The summed E-state index contributed by atoms with van der Waals surface area (Å²) in [6.07, 6.45) is 1.07. The average molecular weight is 212 g/mol. The van der Waals surface area contributed by atoms with Crippen LogP contribution >= 0.6 is 11.8 Å². The highest BCUT2D eigenvalue weighted by atomic mass is 32.2. The zero-order valence-corrected chi connectivity index (χ0v) is 9.22. The normalized spacial score (nSPS) is 10.4. The van der Waals surface area contributed by atoms with Gasteiger partial charge in [0.1, 0.15) is 5.75 Å². The molecule has 0 unspecified atom stereocenters. The van der Waals surface area contributed by atoms with E-state index in [-0.39, 0.29) is 0 Å². The Kier molecular flexibility index (Phi) is 5.49. The van der Waals surface area contributed by atoms with Crippen LogP contribution in [0.1, 0.15) is 13.3 Å². The van der Waals surface area contributed by atoms with Crippen molar-refractivity contribution in [2.24, 2.45) is 0 Å². The molecule has 1 N–H and O–H groups in total. The van der Waals surface area contributed by atoms with Crippen molar-refractivity contribution in [3.05, 3.63) is 24.3 Å². The van der Waals surface area contributed by atoms with Crippen LogP contribution in [0.4, 0.5) is 0 Å². The van der Waals surface area contributed by atoms with Crippen molar-refractivity contribution >= 4 is 11.8 Å². The molecule has 1 rings (SSSR count). The van der Waals surface area contributed by atoms with Crippen LogP contribution in [0.15, 0.2) is 29.2 Å². The largest absolute Gasteiger partial charge is 0.508 e. The number of thioether (sulfide) groups is 1. The molecule has 0 aliphatic rings. The highest BCUT2D eigenvalue weighted by molar-refractivity contribution is 7.99. The molecule has 0 spiro atoms. The van der Waals surface area contributed by atoms with E-state index in [0.29, 0.717) is 5.75 Å². The Bertz CT molecular complexity index is 263. The van der Waals surface area contributed by atoms with Gasteiger partial charge in [0.25, 0.3) is 0 Å². The van der Waals surface area contributed by atoms with Crippen molar-refractivity contribution in [1.29, 1.82) is 0 Å². The minimum atomic E-state index is 0.324. The molecule has 0 amide bonds. The van der Waals surface area contributed by atoms with Gasteiger partial charge in [0.05, 0.1) is 6.61 Å². The predicted octanol–water partition coefficient (Wildman–Crippen LogP) is 2.91. The number of phenolic OH excluding ortho intramolecular Hbond substituents is 1. The zero-order chi connectivity index (χ0) is 10.2. The molecule has 0 saturated carbocycles. The molecule has 0 atom stereocenters. The maximum atomic E-state index is 9.21. The Morgan fingerprint density at radius 1 is 1.36 bits per heavy atom. The minimum absolute atomic E-state index is 0.324. The third kappa shape index (κ3) is 4.53. The molecule has 0 fully saturated rings. The number of rotatable bonds is 6. The Hall–Kier alpha value is -0.670. The number of hydrogen-bond donors (Lipinski definition) is 1. The van der Waals surface area contributed by atoms with Gasteiger partial charge in [-0.1, -0.05) is 13.0 Å². The van der Waals surface area contributed by atoms with Crippen LogP contribution in [-0.2, 0) is 4.74 Å². The molecule has 78 valence electrons. The lowest BCUT2D eigenvalue weighted by atomic mass is 10.3. The lowest BCUT2D eigenvalue weighted by molar-refractivity contribution is 0.151. The lowest BCUT2D eigenvalue weighted by Crippen LogP contribution is -1.97. The summed E-state index contributed by atoms with van der Waals surface area (Å²) >= 11 is 1.70. The molecule has 0 saturated heterocycles. The van der Waals surface area contributed by atoms with Crippen LogP contribution < -0.4 is 0 Å². The minimum Gasteiger partial charge on any atom is -0.508 e. The van der Waals surface area contributed by atoms with Crippen LogP contribution in [0.2, 0.25) is 0 Å². The van der Waals surface area contributed by atoms with Gasteiger partial charge in [-0.05, 0) is 24.6 Å². The van der Waals surface area contributed by atoms with E-state index in [1.165, 1.54) is 0 Å². The summed E-state index contributed by atoms with van der Waals surface area (Å²) in [4.78, 5) is 1.09. The second kappa shape index (κ2) is 6.74. The first kappa shape index (κ1) is 11.4. The number of aromatic hydroxyl groups is 1. The van der Waals surface area contributed by atoms with Gasteiger partial charge in [0.15, 0.2) is 0 Å². The molecule has 2 nitrogen and oxygen atoms in total. The average Bonchev–Trinajstić information content (AvgIpc) is 2.18. The van der Waals surface area contributed by atoms with Crippen LogP contribution in [-0.4, -0.2) is 24.1 Å². The van der Waals surface area contributed by atoms with Crippen molar-refractivity contribution < 1.29 is 9.84 Å². The van der Waals surface area contributed by atoms with E-state index in [4.69, 9.17) is 4.74 Å². The smallest absolute Gasteiger partial charge is 0.116 e. The maximum Gasteiger partial charge on any atom is 0.116 e. The molecule has 0 heterocycles. The fraction of sp³-hybridized carbons (Fsp3) is 0.455. The summed E-state index contributed by atoms with van der Waals surface area (Å²) < 4.78 is 5.35. The molecule has 3 heteroatoms. The fourth-order valence-corrected chi connectivity index (χ4v) is 1.85. The van der Waals surface area contributed by atoms with E-state index in [1.807, 2.05) is 12.1 Å². The number of hydrogen-bond acceptors (Lipinski definition) is 3. The van der Waals surface area contributed by atoms with Crippen molar-refractivity contribution in [2.75, 3.05) is 19.0 Å². The first-order valence-electron chi connectivity index (χ1n) is 4.82. The highest BCUT2D eigenvalue weighted by Gasteiger charge is 1.95. The standard InChI is InChI=1S/C11H16O2S/c1-2-6-13-7-8-14-11-5-3-4-10(12)9-11/h3-5,9,12H,2,6-8H2,1H3. The third-order valence-corrected chi connectivity index (χ3v) is 2.62. The molecule has 0 aromatic heterocycles. The summed E-state index contributed by atoms with van der Waals surface area (Å²) in [5.41, 5.74) is 0. The fourth-order valence-electron chi connectivity index (χ4n) is 1.04. The molecular formula is C11H16O2S. The summed E-state index contributed by atoms with van der Waals surface area (Å²) in [6, 6.07) is 7.29. The monoisotopic (exact) mass is 212 g/mol. The van der Waals surface area contributed by atoms with Gasteiger partial charge in [-0.15, -0.1) is 11.8 Å². The molecule has 0 radical (unpaired) electrons. The SMILES string of the molecule is CCCOCCSc1cccc(O)c1. The van der Waals surface area contributed by atoms with Crippen LogP contribution in [0, 0.1) is 0 Å². The second-order valence-electron chi connectivity index (χ2n) is 2.96. The summed E-state index contributed by atoms with van der Waals surface area (Å²) in [5.74, 6) is 1.26. The summed E-state index contributed by atoms with van der Waals surface area (Å²) in [5, 5.41) is 9.21. The van der Waals surface area contributed by atoms with Crippen molar-refractivity contribution in [3.8, 4) is 5.75 Å². The predicted molar refractivity (Wildman–Crippen MR) is 59.9 cm³/mol. The summed E-state index contributed by atoms with van der Waals surface area (Å²) in [7, 11) is 0. The Balaban J connectivity index is 2.18. The molecule has 0 bridgehead atoms. The van der Waals surface area contributed by atoms with Gasteiger partial charge >= 0.3 is 0 Å². The summed E-state index contributed by atoms with van der Waals surface area (Å²) in [6.45, 7) is 3.71. The number of benzene rings is 1. The third-order valence-electron chi connectivity index (χ3n) is 1.66. The van der Waals surface area contributed by atoms with E-state index >= 15 is 0 Å². The lowest BCUT2D eigenvalue weighted by Gasteiger charge is -2.03. The molecule has 0 aliphatic heterocycles. The molecule has 1 aromatic rings. The Morgan fingerprint density at radius 2 is 2.21 bits per heavy atom. The van der Waals surface area contributed by atoms with Gasteiger partial charge in [0, 0.05) is 17.3 Å². The molecule has 14 heavy (non-hydrogen) atoms. The van der Waals surface area contributed by atoms with Gasteiger partial charge < -0.3 is 9.84 Å². The van der Waals surface area contributed by atoms with Crippen LogP contribution in [0.3, 0.4) is 0 Å². The van der Waals surface area contributed by atoms with E-state index in [9.17, 15) is 5.11 Å². The number of ether oxygens (including phenoxy) is 1. The van der Waals surface area contributed by atoms with Crippen LogP contribution in [0.5, 0.6) is 5.75 Å². The maximum absolute atomic E-state index is 9.21. The van der Waals surface area contributed by atoms with Crippen molar-refractivity contribution in [3.63, 3.8) is 0 Å². The van der Waals surface area contributed by atoms with Crippen molar-refractivity contribution in [1.82, 2.24) is 0 Å². The quantitative estimate of drug-likeness (QED) is 0.581. The number of phenols is 1. The topological polar surface area (TPSA) is 29.5 Å². The molecular weight excluding hydrogens is 196 g/mol. The van der Waals surface area contributed by atoms with E-state index < -0.39 is 0 Å². The Morgan fingerprint density at radius 3 is 2.93 bits per heavy atom. The van der Waals surface area contributed by atoms with Crippen LogP contribution in [0.25, 0.3) is 0 Å². The highest BCUT2D eigenvalue weighted by Crippen LogP contribution is 2.21. The zero-order valence-electron chi connectivity index (χ0n) is 8.40. The molecule has 1 aromatic carbocycles. The van der Waals surface area contributed by atoms with E-state index in [2.05, 4.69) is 6.92 Å². The second-order valence-corrected chi connectivity index (χ2v) is 4.13. The van der Waals surface area contributed by atoms with E-state index in [0.717, 1.165) is 30.3 Å². The van der Waals surface area contributed by atoms with E-state index in [1.54, 1.807) is 23.9 Å². The van der Waals surface area contributed by atoms with Gasteiger partial charge in [0.2, 0.25) is 0 Å². The van der Waals surface area contributed by atoms with Gasteiger partial charge in [-0.2, -0.15) is 0 Å². The first-order chi connectivity index (χ1) is 6.83. The van der Waals surface area contributed by atoms with Crippen molar-refractivity contribution in [2.45, 2.75) is 18.2 Å².